The first-order valence-electron chi connectivity index (χ1n) is 10.3. The number of carbonyl (C=O) groups excluding carboxylic acids is 2. The fourth-order valence-corrected chi connectivity index (χ4v) is 2.71. The summed E-state index contributed by atoms with van der Waals surface area (Å²) in [5.41, 5.74) is 0. The van der Waals surface area contributed by atoms with Gasteiger partial charge in [0.15, 0.2) is 5.12 Å². The van der Waals surface area contributed by atoms with Crippen LogP contribution >= 0.6 is 11.8 Å². The Balaban J connectivity index is 3.51. The number of rotatable bonds is 16. The average molecular weight is 404 g/mol. The van der Waals surface area contributed by atoms with Gasteiger partial charge < -0.3 is 5.32 Å². The zero-order chi connectivity index (χ0) is 20.7. The van der Waals surface area contributed by atoms with E-state index in [0.29, 0.717) is 18.7 Å². The van der Waals surface area contributed by atoms with Crippen LogP contribution in [0.1, 0.15) is 65.2 Å². The second-order valence-electron chi connectivity index (χ2n) is 6.29. The van der Waals surface area contributed by atoms with Gasteiger partial charge >= 0.3 is 0 Å². The minimum Gasteiger partial charge on any atom is -0.355 e. The van der Waals surface area contributed by atoms with Gasteiger partial charge in [0.2, 0.25) is 5.91 Å². The molecule has 0 unspecified atom stereocenters. The summed E-state index contributed by atoms with van der Waals surface area (Å²) in [6.07, 6.45) is 29.2. The molecule has 0 heterocycles. The predicted octanol–water partition coefficient (Wildman–Crippen LogP) is 6.30. The minimum atomic E-state index is 0.0662. The first-order chi connectivity index (χ1) is 13.7. The molecule has 0 fully saturated rings. The van der Waals surface area contributed by atoms with E-state index in [2.05, 4.69) is 73.0 Å². The highest BCUT2D eigenvalue weighted by molar-refractivity contribution is 8.13. The Morgan fingerprint density at radius 3 is 1.79 bits per heavy atom. The van der Waals surface area contributed by atoms with E-state index in [1.54, 1.807) is 0 Å². The molecule has 0 aromatic rings. The Kier molecular flexibility index (Phi) is 20.1. The third-order valence-electron chi connectivity index (χ3n) is 3.66. The van der Waals surface area contributed by atoms with E-state index in [-0.39, 0.29) is 11.0 Å². The lowest BCUT2D eigenvalue weighted by molar-refractivity contribution is -0.121. The predicted molar refractivity (Wildman–Crippen MR) is 124 cm³/mol. The van der Waals surface area contributed by atoms with Crippen LogP contribution in [0.15, 0.2) is 60.8 Å². The van der Waals surface area contributed by atoms with E-state index < -0.39 is 0 Å². The van der Waals surface area contributed by atoms with Crippen LogP contribution in [0.2, 0.25) is 0 Å². The third-order valence-corrected chi connectivity index (χ3v) is 4.48. The van der Waals surface area contributed by atoms with E-state index in [1.807, 2.05) is 0 Å². The number of thioether (sulfide) groups is 1. The van der Waals surface area contributed by atoms with Crippen molar-refractivity contribution in [3.63, 3.8) is 0 Å². The molecule has 3 nitrogen and oxygen atoms in total. The molecule has 0 aliphatic carbocycles. The highest BCUT2D eigenvalue weighted by Crippen LogP contribution is 2.01. The molecule has 0 rings (SSSR count). The number of hydrogen-bond donors (Lipinski definition) is 1. The van der Waals surface area contributed by atoms with Gasteiger partial charge in [0.25, 0.3) is 0 Å². The lowest BCUT2D eigenvalue weighted by Crippen LogP contribution is -2.25. The Hall–Kier alpha value is -1.81. The first kappa shape index (κ1) is 26.2. The van der Waals surface area contributed by atoms with Crippen LogP contribution in [0.5, 0.6) is 0 Å². The molecule has 4 heteroatoms. The second kappa shape index (κ2) is 21.5. The summed E-state index contributed by atoms with van der Waals surface area (Å²) >= 11 is 1.24. The Bertz CT molecular complexity index is 545. The lowest BCUT2D eigenvalue weighted by atomic mass is 10.2. The zero-order valence-corrected chi connectivity index (χ0v) is 18.4. The standard InChI is InChI=1S/C24H37NO2S/c1-3-4-5-6-7-8-9-10-11-12-13-14-15-16-17-18-19-20-24(27)25-21-22-28-23(2)26/h4-5,7-8,10-11,13-14,16-17H,3,6,9,12,15,18-22H2,1-2H3,(H,25,27)/b5-4-,8-7-,11-10-,14-13-,17-16+. The third kappa shape index (κ3) is 22.2. The molecule has 0 aliphatic heterocycles. The van der Waals surface area contributed by atoms with Crippen molar-refractivity contribution in [2.75, 3.05) is 12.3 Å². The van der Waals surface area contributed by atoms with Crippen LogP contribution in [-0.2, 0) is 9.59 Å². The van der Waals surface area contributed by atoms with Crippen molar-refractivity contribution in [2.45, 2.75) is 65.2 Å². The van der Waals surface area contributed by atoms with E-state index in [9.17, 15) is 9.59 Å². The molecular weight excluding hydrogens is 366 g/mol. The van der Waals surface area contributed by atoms with Gasteiger partial charge in [-0.05, 0) is 44.9 Å². The zero-order valence-electron chi connectivity index (χ0n) is 17.6. The quantitative estimate of drug-likeness (QED) is 0.243. The van der Waals surface area contributed by atoms with Crippen LogP contribution in [-0.4, -0.2) is 23.3 Å². The molecule has 0 saturated heterocycles. The smallest absolute Gasteiger partial charge is 0.220 e. The number of amides is 1. The van der Waals surface area contributed by atoms with Crippen molar-refractivity contribution in [2.24, 2.45) is 0 Å². The van der Waals surface area contributed by atoms with Crippen LogP contribution in [0.25, 0.3) is 0 Å². The molecule has 0 bridgehead atoms. The minimum absolute atomic E-state index is 0.0662. The summed E-state index contributed by atoms with van der Waals surface area (Å²) in [6, 6.07) is 0. The highest BCUT2D eigenvalue weighted by Gasteiger charge is 2.00. The van der Waals surface area contributed by atoms with Crippen molar-refractivity contribution < 1.29 is 9.59 Å². The van der Waals surface area contributed by atoms with Gasteiger partial charge in [-0.25, -0.2) is 0 Å². The molecule has 28 heavy (non-hydrogen) atoms. The summed E-state index contributed by atoms with van der Waals surface area (Å²) in [6.45, 7) is 4.25. The van der Waals surface area contributed by atoms with Crippen molar-refractivity contribution in [3.05, 3.63) is 60.8 Å². The highest BCUT2D eigenvalue weighted by atomic mass is 32.2. The number of hydrogen-bond acceptors (Lipinski definition) is 3. The SMILES string of the molecule is CC/C=C\C/C=C\C/C=C\C/C=C\C/C=C/CCCC(=O)NCCSC(C)=O. The van der Waals surface area contributed by atoms with Gasteiger partial charge in [0.05, 0.1) is 0 Å². The van der Waals surface area contributed by atoms with Crippen molar-refractivity contribution in [1.29, 1.82) is 0 Å². The van der Waals surface area contributed by atoms with Crippen molar-refractivity contribution >= 4 is 22.8 Å². The summed E-state index contributed by atoms with van der Waals surface area (Å²) < 4.78 is 0. The van der Waals surface area contributed by atoms with Gasteiger partial charge in [-0.3, -0.25) is 9.59 Å². The average Bonchev–Trinajstić information content (AvgIpc) is 2.67. The number of unbranched alkanes of at least 4 members (excludes halogenated alkanes) is 1. The molecule has 1 amide bonds. The van der Waals surface area contributed by atoms with E-state index >= 15 is 0 Å². The molecule has 0 aromatic heterocycles. The normalized spacial score (nSPS) is 12.4. The molecule has 156 valence electrons. The number of nitrogens with one attached hydrogen (secondary N) is 1. The van der Waals surface area contributed by atoms with Gasteiger partial charge in [-0.15, -0.1) is 0 Å². The summed E-state index contributed by atoms with van der Waals surface area (Å²) in [4.78, 5) is 22.4. The maximum absolute atomic E-state index is 11.6. The lowest BCUT2D eigenvalue weighted by Gasteiger charge is -2.02. The maximum Gasteiger partial charge on any atom is 0.220 e. The molecule has 0 atom stereocenters. The number of allylic oxidation sites excluding steroid dienone is 10. The topological polar surface area (TPSA) is 46.2 Å². The van der Waals surface area contributed by atoms with Gasteiger partial charge in [0.1, 0.15) is 0 Å². The second-order valence-corrected chi connectivity index (χ2v) is 7.56. The molecule has 0 radical (unpaired) electrons. The number of carbonyl (C=O) groups is 2. The Labute approximate surface area is 176 Å². The van der Waals surface area contributed by atoms with Crippen LogP contribution in [0, 0.1) is 0 Å². The van der Waals surface area contributed by atoms with Crippen molar-refractivity contribution in [3.8, 4) is 0 Å². The largest absolute Gasteiger partial charge is 0.355 e. The Morgan fingerprint density at radius 1 is 0.786 bits per heavy atom. The molecule has 0 aliphatic rings. The van der Waals surface area contributed by atoms with Gasteiger partial charge in [0, 0.05) is 25.6 Å². The van der Waals surface area contributed by atoms with E-state index in [4.69, 9.17) is 0 Å². The summed E-state index contributed by atoms with van der Waals surface area (Å²) in [5, 5.41) is 2.92. The maximum atomic E-state index is 11.6. The fraction of sp³-hybridized carbons (Fsp3) is 0.500. The molecule has 1 N–H and O–H groups in total. The van der Waals surface area contributed by atoms with Crippen LogP contribution < -0.4 is 5.32 Å². The monoisotopic (exact) mass is 403 g/mol. The Morgan fingerprint density at radius 2 is 1.29 bits per heavy atom. The molecule has 0 saturated carbocycles. The van der Waals surface area contributed by atoms with E-state index in [1.165, 1.54) is 18.7 Å². The first-order valence-corrected chi connectivity index (χ1v) is 11.3. The molecule has 0 spiro atoms. The van der Waals surface area contributed by atoms with E-state index in [0.717, 1.165) is 44.9 Å². The van der Waals surface area contributed by atoms with Gasteiger partial charge in [-0.2, -0.15) is 0 Å². The molecule has 0 aromatic carbocycles. The van der Waals surface area contributed by atoms with Gasteiger partial charge in [-0.1, -0.05) is 79.4 Å². The molecular formula is C24H37NO2S. The van der Waals surface area contributed by atoms with Crippen LogP contribution in [0.3, 0.4) is 0 Å². The summed E-state index contributed by atoms with van der Waals surface area (Å²) in [7, 11) is 0. The summed E-state index contributed by atoms with van der Waals surface area (Å²) in [5.74, 6) is 0.715. The van der Waals surface area contributed by atoms with Crippen LogP contribution in [0.4, 0.5) is 0 Å². The fourth-order valence-electron chi connectivity index (χ4n) is 2.22. The van der Waals surface area contributed by atoms with Crippen molar-refractivity contribution in [1.82, 2.24) is 5.32 Å².